The summed E-state index contributed by atoms with van der Waals surface area (Å²) in [6.07, 6.45) is 1.95. The van der Waals surface area contributed by atoms with E-state index < -0.39 is 28.5 Å². The van der Waals surface area contributed by atoms with Gasteiger partial charge in [0.05, 0.1) is 10.6 Å². The average Bonchev–Trinajstić information content (AvgIpc) is 3.14. The number of ether oxygens (including phenoxy) is 1. The number of aryl methyl sites for hydroxylation is 2. The van der Waals surface area contributed by atoms with E-state index in [0.29, 0.717) is 18.0 Å². The fraction of sp³-hybridized carbons (Fsp3) is 0.238. The Bertz CT molecular complexity index is 1970. The van der Waals surface area contributed by atoms with Crippen molar-refractivity contribution in [2.24, 2.45) is 0 Å². The predicted octanol–water partition coefficient (Wildman–Crippen LogP) is 7.85. The van der Waals surface area contributed by atoms with Crippen LogP contribution in [-0.4, -0.2) is 44.3 Å². The Morgan fingerprint density at radius 2 is 1.27 bits per heavy atom. The van der Waals surface area contributed by atoms with Gasteiger partial charge in [-0.05, 0) is 79.9 Å². The van der Waals surface area contributed by atoms with Crippen molar-refractivity contribution in [1.82, 2.24) is 10.2 Å². The summed E-state index contributed by atoms with van der Waals surface area (Å²) >= 11 is 0. The van der Waals surface area contributed by atoms with E-state index in [9.17, 15) is 18.0 Å². The van der Waals surface area contributed by atoms with Gasteiger partial charge in [0, 0.05) is 19.5 Å². The Morgan fingerprint density at radius 1 is 0.706 bits per heavy atom. The third-order valence-electron chi connectivity index (χ3n) is 8.57. The van der Waals surface area contributed by atoms with Crippen LogP contribution in [0.2, 0.25) is 0 Å². The number of rotatable bonds is 16. The van der Waals surface area contributed by atoms with E-state index >= 15 is 0 Å². The summed E-state index contributed by atoms with van der Waals surface area (Å²) in [7, 11) is -4.23. The summed E-state index contributed by atoms with van der Waals surface area (Å²) in [6, 6.07) is 38.8. The van der Waals surface area contributed by atoms with Crippen molar-refractivity contribution in [3.8, 4) is 11.5 Å². The highest BCUT2D eigenvalue weighted by molar-refractivity contribution is 7.92. The number of anilines is 1. The molecule has 264 valence electrons. The van der Waals surface area contributed by atoms with E-state index in [1.165, 1.54) is 4.90 Å². The molecule has 0 fully saturated rings. The monoisotopic (exact) mass is 703 g/mol. The van der Waals surface area contributed by atoms with Gasteiger partial charge in [0.25, 0.3) is 10.0 Å². The first-order valence-electron chi connectivity index (χ1n) is 17.2. The molecule has 0 saturated carbocycles. The number of benzene rings is 5. The van der Waals surface area contributed by atoms with Gasteiger partial charge in [-0.25, -0.2) is 8.42 Å². The number of unbranched alkanes of at least 4 members (excludes halogenated alkanes) is 1. The number of carbonyl (C=O) groups is 2. The lowest BCUT2D eigenvalue weighted by Gasteiger charge is -2.34. The van der Waals surface area contributed by atoms with Crippen molar-refractivity contribution < 1.29 is 22.7 Å². The van der Waals surface area contributed by atoms with E-state index in [0.717, 1.165) is 39.4 Å². The number of nitrogens with zero attached hydrogens (tertiary/aromatic N) is 2. The summed E-state index contributed by atoms with van der Waals surface area (Å²) < 4.78 is 35.8. The quantitative estimate of drug-likeness (QED) is 0.106. The fourth-order valence-electron chi connectivity index (χ4n) is 5.62. The van der Waals surface area contributed by atoms with Crippen molar-refractivity contribution in [2.45, 2.75) is 57.5 Å². The van der Waals surface area contributed by atoms with Gasteiger partial charge in [-0.1, -0.05) is 109 Å². The molecular formula is C42H45N3O5S. The standard InChI is InChI=1S/C42H45N3O5S/c1-4-5-28-43-42(47)40(29-34-12-8-6-9-13-34)44(30-35-20-16-32(2)17-21-35)41(46)31-45(51(48,49)39-26-18-33(3)19-27-39)36-22-24-38(25-23-36)50-37-14-10-7-11-15-37/h6-27,40H,4-5,28-31H2,1-3H3,(H,43,47)/t40-/m0/s1. The van der Waals surface area contributed by atoms with Gasteiger partial charge >= 0.3 is 0 Å². The molecule has 0 bridgehead atoms. The van der Waals surface area contributed by atoms with E-state index in [-0.39, 0.29) is 29.5 Å². The number of amides is 2. The van der Waals surface area contributed by atoms with Crippen LogP contribution in [0.1, 0.15) is 42.0 Å². The summed E-state index contributed by atoms with van der Waals surface area (Å²) in [6.45, 7) is 5.96. The minimum absolute atomic E-state index is 0.0498. The maximum atomic E-state index is 14.7. The van der Waals surface area contributed by atoms with Gasteiger partial charge in [0.2, 0.25) is 11.8 Å². The van der Waals surface area contributed by atoms with E-state index in [4.69, 9.17) is 4.74 Å². The lowest BCUT2D eigenvalue weighted by atomic mass is 10.0. The first-order chi connectivity index (χ1) is 24.6. The Balaban J connectivity index is 1.54. The zero-order valence-electron chi connectivity index (χ0n) is 29.4. The smallest absolute Gasteiger partial charge is 0.264 e. The SMILES string of the molecule is CCCCNC(=O)[C@H](Cc1ccccc1)N(Cc1ccc(C)cc1)C(=O)CN(c1ccc(Oc2ccccc2)cc1)S(=O)(=O)c1ccc(C)cc1. The highest BCUT2D eigenvalue weighted by atomic mass is 32.2. The lowest BCUT2D eigenvalue weighted by molar-refractivity contribution is -0.140. The molecule has 0 aromatic heterocycles. The molecule has 5 rings (SSSR count). The second-order valence-electron chi connectivity index (χ2n) is 12.6. The number of nitrogens with one attached hydrogen (secondary N) is 1. The van der Waals surface area contributed by atoms with Crippen molar-refractivity contribution in [3.63, 3.8) is 0 Å². The molecule has 9 heteroatoms. The van der Waals surface area contributed by atoms with Crippen LogP contribution in [0.15, 0.2) is 138 Å². The van der Waals surface area contributed by atoms with Crippen molar-refractivity contribution in [2.75, 3.05) is 17.4 Å². The van der Waals surface area contributed by atoms with Crippen LogP contribution in [0, 0.1) is 13.8 Å². The molecule has 8 nitrogen and oxygen atoms in total. The van der Waals surface area contributed by atoms with Gasteiger partial charge in [-0.3, -0.25) is 13.9 Å². The molecule has 1 atom stereocenters. The van der Waals surface area contributed by atoms with Gasteiger partial charge in [-0.2, -0.15) is 0 Å². The maximum absolute atomic E-state index is 14.7. The zero-order valence-corrected chi connectivity index (χ0v) is 30.2. The number of hydrogen-bond donors (Lipinski definition) is 1. The first kappa shape index (κ1) is 36.9. The zero-order chi connectivity index (χ0) is 36.2. The first-order valence-corrected chi connectivity index (χ1v) is 18.7. The van der Waals surface area contributed by atoms with Crippen LogP contribution >= 0.6 is 0 Å². The molecule has 1 N–H and O–H groups in total. The molecule has 0 radical (unpaired) electrons. The summed E-state index contributed by atoms with van der Waals surface area (Å²) in [5.41, 5.74) is 3.95. The molecule has 0 spiro atoms. The third-order valence-corrected chi connectivity index (χ3v) is 10.4. The minimum atomic E-state index is -4.23. The van der Waals surface area contributed by atoms with Crippen LogP contribution in [0.5, 0.6) is 11.5 Å². The van der Waals surface area contributed by atoms with Gasteiger partial charge in [-0.15, -0.1) is 0 Å². The number of hydrogen-bond acceptors (Lipinski definition) is 5. The molecule has 0 heterocycles. The van der Waals surface area contributed by atoms with E-state index in [1.807, 2.05) is 106 Å². The molecule has 0 saturated heterocycles. The minimum Gasteiger partial charge on any atom is -0.457 e. The van der Waals surface area contributed by atoms with Crippen molar-refractivity contribution in [3.05, 3.63) is 156 Å². The predicted molar refractivity (Wildman–Crippen MR) is 202 cm³/mol. The summed E-state index contributed by atoms with van der Waals surface area (Å²) in [5.74, 6) is 0.347. The molecular weight excluding hydrogens is 659 g/mol. The number of sulfonamides is 1. The maximum Gasteiger partial charge on any atom is 0.264 e. The van der Waals surface area contributed by atoms with Gasteiger partial charge in [0.15, 0.2) is 0 Å². The lowest BCUT2D eigenvalue weighted by Crippen LogP contribution is -2.53. The van der Waals surface area contributed by atoms with E-state index in [2.05, 4.69) is 5.32 Å². The van der Waals surface area contributed by atoms with E-state index in [1.54, 1.807) is 48.5 Å². The third kappa shape index (κ3) is 10.1. The fourth-order valence-corrected chi connectivity index (χ4v) is 7.04. The molecule has 51 heavy (non-hydrogen) atoms. The van der Waals surface area contributed by atoms with Crippen LogP contribution in [0.25, 0.3) is 0 Å². The molecule has 0 aliphatic heterocycles. The average molecular weight is 704 g/mol. The highest BCUT2D eigenvalue weighted by Crippen LogP contribution is 2.29. The van der Waals surface area contributed by atoms with Gasteiger partial charge < -0.3 is 15.0 Å². The largest absolute Gasteiger partial charge is 0.457 e. The Hall–Kier alpha value is -5.41. The Morgan fingerprint density at radius 3 is 1.88 bits per heavy atom. The second-order valence-corrected chi connectivity index (χ2v) is 14.5. The van der Waals surface area contributed by atoms with Crippen LogP contribution in [-0.2, 0) is 32.6 Å². The highest BCUT2D eigenvalue weighted by Gasteiger charge is 2.34. The second kappa shape index (κ2) is 17.5. The summed E-state index contributed by atoms with van der Waals surface area (Å²) in [4.78, 5) is 30.2. The van der Waals surface area contributed by atoms with Crippen molar-refractivity contribution in [1.29, 1.82) is 0 Å². The normalized spacial score (nSPS) is 11.7. The van der Waals surface area contributed by atoms with Crippen LogP contribution in [0.4, 0.5) is 5.69 Å². The topological polar surface area (TPSA) is 96.0 Å². The molecule has 2 amide bonds. The number of para-hydroxylation sites is 1. The summed E-state index contributed by atoms with van der Waals surface area (Å²) in [5, 5.41) is 3.03. The number of carbonyl (C=O) groups excluding carboxylic acids is 2. The Kier molecular flexibility index (Phi) is 12.6. The van der Waals surface area contributed by atoms with Crippen LogP contribution in [0.3, 0.4) is 0 Å². The molecule has 5 aromatic rings. The molecule has 0 aliphatic carbocycles. The van der Waals surface area contributed by atoms with Crippen molar-refractivity contribution >= 4 is 27.5 Å². The van der Waals surface area contributed by atoms with Gasteiger partial charge in [0.1, 0.15) is 24.1 Å². The molecule has 5 aromatic carbocycles. The molecule has 0 aliphatic rings. The Labute approximate surface area is 301 Å². The van der Waals surface area contributed by atoms with Crippen LogP contribution < -0.4 is 14.4 Å². The molecule has 0 unspecified atom stereocenters.